The van der Waals surface area contributed by atoms with Crippen LogP contribution >= 0.6 is 0 Å². The summed E-state index contributed by atoms with van der Waals surface area (Å²) in [5.74, 6) is -1.29. The Morgan fingerprint density at radius 2 is 2.20 bits per heavy atom. The maximum Gasteiger partial charge on any atom is 0.271 e. The first kappa shape index (κ1) is 14.4. The minimum absolute atomic E-state index is 0.0190. The second-order valence-electron chi connectivity index (χ2n) is 5.03. The fraction of sp³-hybridized carbons (Fsp3) is 0.462. The van der Waals surface area contributed by atoms with Crippen molar-refractivity contribution in [1.82, 2.24) is 0 Å². The second-order valence-corrected chi connectivity index (χ2v) is 5.03. The largest absolute Gasteiger partial charge is 0.328 e. The number of nitrogens with one attached hydrogen (secondary N) is 1. The van der Waals surface area contributed by atoms with E-state index < -0.39 is 10.7 Å². The van der Waals surface area contributed by atoms with E-state index in [2.05, 4.69) is 5.32 Å². The molecule has 0 aromatic heterocycles. The van der Waals surface area contributed by atoms with Gasteiger partial charge in [-0.1, -0.05) is 6.42 Å². The van der Waals surface area contributed by atoms with Crippen LogP contribution in [0, 0.1) is 21.8 Å². The van der Waals surface area contributed by atoms with E-state index in [1.54, 1.807) is 0 Å². The first-order valence-corrected chi connectivity index (χ1v) is 6.47. The van der Waals surface area contributed by atoms with Gasteiger partial charge in [-0.3, -0.25) is 14.9 Å². The zero-order chi connectivity index (χ0) is 14.7. The summed E-state index contributed by atoms with van der Waals surface area (Å²) in [4.78, 5) is 22.1. The number of non-ortho nitro benzene ring substituents is 1. The van der Waals surface area contributed by atoms with Gasteiger partial charge in [0.05, 0.1) is 10.6 Å². The van der Waals surface area contributed by atoms with Crippen LogP contribution in [0.2, 0.25) is 0 Å². The second kappa shape index (κ2) is 5.96. The van der Waals surface area contributed by atoms with Crippen molar-refractivity contribution >= 4 is 17.3 Å². The highest BCUT2D eigenvalue weighted by molar-refractivity contribution is 5.93. The molecule has 2 atom stereocenters. The zero-order valence-electron chi connectivity index (χ0n) is 10.8. The molecule has 7 heteroatoms. The van der Waals surface area contributed by atoms with Gasteiger partial charge in [-0.25, -0.2) is 4.39 Å². The number of carbonyl (C=O) groups excluding carboxylic acids is 1. The Morgan fingerprint density at radius 3 is 2.85 bits per heavy atom. The number of nitrogens with zero attached hydrogens (tertiary/aromatic N) is 1. The van der Waals surface area contributed by atoms with Gasteiger partial charge in [0.2, 0.25) is 5.91 Å². The maximum absolute atomic E-state index is 13.6. The normalized spacial score (nSPS) is 22.3. The molecule has 1 aromatic carbocycles. The molecule has 20 heavy (non-hydrogen) atoms. The molecule has 0 heterocycles. The summed E-state index contributed by atoms with van der Waals surface area (Å²) in [6, 6.07) is 3.03. The fourth-order valence-corrected chi connectivity index (χ4v) is 2.42. The van der Waals surface area contributed by atoms with Crippen molar-refractivity contribution in [2.75, 3.05) is 5.32 Å². The lowest BCUT2D eigenvalue weighted by molar-refractivity contribution is -0.384. The van der Waals surface area contributed by atoms with Crippen LogP contribution in [0.15, 0.2) is 18.2 Å². The molecular weight excluding hydrogens is 265 g/mol. The lowest BCUT2D eigenvalue weighted by Gasteiger charge is -2.25. The molecular formula is C13H16FN3O3. The number of benzene rings is 1. The van der Waals surface area contributed by atoms with Crippen molar-refractivity contribution in [1.29, 1.82) is 0 Å². The van der Waals surface area contributed by atoms with Crippen LogP contribution in [0.1, 0.15) is 25.7 Å². The van der Waals surface area contributed by atoms with E-state index in [-0.39, 0.29) is 29.2 Å². The molecule has 6 nitrogen and oxygen atoms in total. The van der Waals surface area contributed by atoms with E-state index in [1.165, 1.54) is 0 Å². The van der Waals surface area contributed by atoms with Crippen molar-refractivity contribution in [2.45, 2.75) is 31.7 Å². The average Bonchev–Trinajstić information content (AvgIpc) is 2.41. The smallest absolute Gasteiger partial charge is 0.271 e. The Balaban J connectivity index is 2.10. The molecule has 1 amide bonds. The SMILES string of the molecule is NC1CCCC(C(=O)Nc2cc([N+](=O)[O-])ccc2F)C1. The van der Waals surface area contributed by atoms with Gasteiger partial charge in [-0.05, 0) is 25.3 Å². The summed E-state index contributed by atoms with van der Waals surface area (Å²) >= 11 is 0. The van der Waals surface area contributed by atoms with Crippen LogP contribution in [0.4, 0.5) is 15.8 Å². The number of halogens is 1. The zero-order valence-corrected chi connectivity index (χ0v) is 10.8. The highest BCUT2D eigenvalue weighted by Gasteiger charge is 2.26. The number of carbonyl (C=O) groups is 1. The number of hydrogen-bond acceptors (Lipinski definition) is 4. The molecule has 108 valence electrons. The van der Waals surface area contributed by atoms with Crippen molar-refractivity contribution in [3.05, 3.63) is 34.1 Å². The van der Waals surface area contributed by atoms with E-state index in [0.717, 1.165) is 31.0 Å². The number of nitrogens with two attached hydrogens (primary N) is 1. The Morgan fingerprint density at radius 1 is 1.45 bits per heavy atom. The molecule has 0 spiro atoms. The number of amides is 1. The molecule has 0 saturated heterocycles. The molecule has 2 rings (SSSR count). The van der Waals surface area contributed by atoms with Crippen LogP contribution in [0.3, 0.4) is 0 Å². The number of nitro groups is 1. The van der Waals surface area contributed by atoms with Gasteiger partial charge in [-0.2, -0.15) is 0 Å². The number of anilines is 1. The summed E-state index contributed by atoms with van der Waals surface area (Å²) in [5, 5.41) is 13.1. The molecule has 0 aliphatic heterocycles. The molecule has 1 fully saturated rings. The van der Waals surface area contributed by atoms with E-state index in [4.69, 9.17) is 5.73 Å². The van der Waals surface area contributed by atoms with Crippen LogP contribution in [-0.4, -0.2) is 16.9 Å². The van der Waals surface area contributed by atoms with Crippen molar-refractivity contribution in [2.24, 2.45) is 11.7 Å². The van der Waals surface area contributed by atoms with Crippen molar-refractivity contribution < 1.29 is 14.1 Å². The number of hydrogen-bond donors (Lipinski definition) is 2. The highest BCUT2D eigenvalue weighted by atomic mass is 19.1. The molecule has 1 aliphatic rings. The first-order chi connectivity index (χ1) is 9.47. The highest BCUT2D eigenvalue weighted by Crippen LogP contribution is 2.26. The Bertz CT molecular complexity index is 536. The van der Waals surface area contributed by atoms with Gasteiger partial charge >= 0.3 is 0 Å². The minimum atomic E-state index is -0.691. The summed E-state index contributed by atoms with van der Waals surface area (Å²) in [7, 11) is 0. The predicted octanol–water partition coefficient (Wildman–Crippen LogP) is 2.19. The monoisotopic (exact) mass is 281 g/mol. The van der Waals surface area contributed by atoms with Gasteiger partial charge < -0.3 is 11.1 Å². The third kappa shape index (κ3) is 3.30. The Kier molecular flexibility index (Phi) is 4.29. The molecule has 1 aromatic rings. The quantitative estimate of drug-likeness (QED) is 0.655. The molecule has 1 aliphatic carbocycles. The van der Waals surface area contributed by atoms with E-state index in [0.29, 0.717) is 12.8 Å². The standard InChI is InChI=1S/C13H16FN3O3/c14-11-5-4-10(17(19)20)7-12(11)16-13(18)8-2-1-3-9(15)6-8/h4-5,7-9H,1-3,6,15H2,(H,16,18). The lowest BCUT2D eigenvalue weighted by atomic mass is 9.85. The molecule has 3 N–H and O–H groups in total. The van der Waals surface area contributed by atoms with Crippen LogP contribution < -0.4 is 11.1 Å². The fourth-order valence-electron chi connectivity index (χ4n) is 2.42. The van der Waals surface area contributed by atoms with Gasteiger partial charge in [0, 0.05) is 24.1 Å². The molecule has 2 unspecified atom stereocenters. The molecule has 0 bridgehead atoms. The Hall–Kier alpha value is -2.02. The molecule has 0 radical (unpaired) electrons. The van der Waals surface area contributed by atoms with Crippen molar-refractivity contribution in [3.63, 3.8) is 0 Å². The summed E-state index contributed by atoms with van der Waals surface area (Å²) < 4.78 is 13.6. The summed E-state index contributed by atoms with van der Waals surface area (Å²) in [6.45, 7) is 0. The molecule has 1 saturated carbocycles. The number of nitro benzene ring substituents is 1. The van der Waals surface area contributed by atoms with Gasteiger partial charge in [0.25, 0.3) is 5.69 Å². The maximum atomic E-state index is 13.6. The Labute approximate surface area is 115 Å². The third-order valence-corrected chi connectivity index (χ3v) is 3.50. The topological polar surface area (TPSA) is 98.3 Å². The first-order valence-electron chi connectivity index (χ1n) is 6.47. The minimum Gasteiger partial charge on any atom is -0.328 e. The third-order valence-electron chi connectivity index (χ3n) is 3.50. The van der Waals surface area contributed by atoms with E-state index >= 15 is 0 Å². The van der Waals surface area contributed by atoms with Gasteiger partial charge in [0.1, 0.15) is 5.82 Å². The summed E-state index contributed by atoms with van der Waals surface area (Å²) in [6.07, 6.45) is 3.00. The van der Waals surface area contributed by atoms with E-state index in [9.17, 15) is 19.3 Å². The van der Waals surface area contributed by atoms with Crippen molar-refractivity contribution in [3.8, 4) is 0 Å². The predicted molar refractivity (Wildman–Crippen MR) is 71.6 cm³/mol. The van der Waals surface area contributed by atoms with E-state index in [1.807, 2.05) is 0 Å². The van der Waals surface area contributed by atoms with Crippen LogP contribution in [0.25, 0.3) is 0 Å². The lowest BCUT2D eigenvalue weighted by Crippen LogP contribution is -2.34. The van der Waals surface area contributed by atoms with Gasteiger partial charge in [-0.15, -0.1) is 0 Å². The van der Waals surface area contributed by atoms with Gasteiger partial charge in [0.15, 0.2) is 0 Å². The number of rotatable bonds is 3. The van der Waals surface area contributed by atoms with Crippen LogP contribution in [0.5, 0.6) is 0 Å². The average molecular weight is 281 g/mol. The summed E-state index contributed by atoms with van der Waals surface area (Å²) in [5.41, 5.74) is 5.38. The van der Waals surface area contributed by atoms with Crippen LogP contribution in [-0.2, 0) is 4.79 Å².